The zero-order chi connectivity index (χ0) is 32.2. The highest BCUT2D eigenvalue weighted by Crippen LogP contribution is 2.39. The molecule has 2 aliphatic rings. The average Bonchev–Trinajstić information content (AvgIpc) is 3.65. The smallest absolute Gasteiger partial charge is 0.404 e. The Morgan fingerprint density at radius 3 is 2.64 bits per heavy atom. The summed E-state index contributed by atoms with van der Waals surface area (Å²) in [6, 6.07) is 9.76. The Morgan fingerprint density at radius 1 is 1.22 bits per heavy atom. The van der Waals surface area contributed by atoms with Gasteiger partial charge in [-0.3, -0.25) is 4.79 Å². The van der Waals surface area contributed by atoms with Crippen LogP contribution in [-0.2, 0) is 24.8 Å². The van der Waals surface area contributed by atoms with Crippen LogP contribution in [0.1, 0.15) is 56.6 Å². The van der Waals surface area contributed by atoms with E-state index in [2.05, 4.69) is 10.6 Å². The molecule has 6 rings (SSSR count). The lowest BCUT2D eigenvalue weighted by molar-refractivity contribution is -0.0148. The summed E-state index contributed by atoms with van der Waals surface area (Å²) in [5, 5.41) is 10.9. The van der Waals surface area contributed by atoms with Crippen LogP contribution in [0.15, 0.2) is 30.3 Å². The zero-order valence-corrected chi connectivity index (χ0v) is 26.4. The number of amides is 2. The number of hydrogen-bond donors (Lipinski definition) is 2. The van der Waals surface area contributed by atoms with E-state index in [0.29, 0.717) is 52.9 Å². The number of aromatic nitrogens is 4. The summed E-state index contributed by atoms with van der Waals surface area (Å²) in [5.41, 5.74) is 8.57. The predicted octanol–water partition coefficient (Wildman–Crippen LogP) is 4.61. The Morgan fingerprint density at radius 2 is 1.98 bits per heavy atom. The van der Waals surface area contributed by atoms with E-state index in [1.807, 2.05) is 29.8 Å². The Balaban J connectivity index is 1.37. The second kappa shape index (κ2) is 11.6. The number of para-hydroxylation sites is 1. The number of aryl methyl sites for hydroxylation is 1. The molecule has 0 saturated heterocycles. The van der Waals surface area contributed by atoms with Gasteiger partial charge in [-0.1, -0.05) is 32.9 Å². The Kier molecular flexibility index (Phi) is 7.96. The number of ether oxygens (including phenoxy) is 2. The van der Waals surface area contributed by atoms with Crippen molar-refractivity contribution in [3.05, 3.63) is 41.6 Å². The van der Waals surface area contributed by atoms with Crippen molar-refractivity contribution < 1.29 is 28.6 Å². The molecule has 1 fully saturated rings. The minimum atomic E-state index is -1.53. The van der Waals surface area contributed by atoms with Gasteiger partial charge in [-0.2, -0.15) is 0 Å². The third-order valence-corrected chi connectivity index (χ3v) is 8.61. The van der Waals surface area contributed by atoms with E-state index in [1.54, 1.807) is 33.8 Å². The molecule has 12 heteroatoms. The molecule has 1 aliphatic carbocycles. The maximum Gasteiger partial charge on any atom is 0.404 e. The standard InChI is InChI=1S/C33H41FN6O5/c1-18(41)17-44-25-8-6-7-20-13-24(40(27(20)25)15-19-9-10-19)30-37-23-14-21-22(36-29(23)38(30)5)11-12-39(31(21)42)16-26(45-32(35)43)28(34)33(2,3)4/h6-8,13-14,18-19,26,28,41H,9-12,15-17H2,1-5H3,(H2,35,43)/t18-,26-,28?/m0/s1. The van der Waals surface area contributed by atoms with Gasteiger partial charge in [0.2, 0.25) is 0 Å². The SMILES string of the molecule is C[C@H](O)COc1cccc2cc(-c3nc4cc5c(nc4n3C)CCN(C[C@H](OC(N)=O)C(F)C(C)(C)C)C5=O)n(CC3CC3)c12. The number of primary amides is 1. The fraction of sp³-hybridized carbons (Fsp3) is 0.515. The number of carbonyl (C=O) groups is 2. The molecule has 45 heavy (non-hydrogen) atoms. The number of imidazole rings is 1. The van der Waals surface area contributed by atoms with Crippen molar-refractivity contribution in [2.45, 2.75) is 71.9 Å². The van der Waals surface area contributed by atoms with Crippen LogP contribution in [0.4, 0.5) is 9.18 Å². The van der Waals surface area contributed by atoms with Crippen molar-refractivity contribution in [3.8, 4) is 17.3 Å². The molecular weight excluding hydrogens is 579 g/mol. The molecule has 1 aliphatic heterocycles. The van der Waals surface area contributed by atoms with E-state index in [0.717, 1.165) is 36.0 Å². The molecule has 1 unspecified atom stereocenters. The Hall–Kier alpha value is -4.19. The van der Waals surface area contributed by atoms with Gasteiger partial charge in [0.05, 0.1) is 35.1 Å². The Labute approximate surface area is 261 Å². The number of aliphatic hydroxyl groups is 1. The van der Waals surface area contributed by atoms with Gasteiger partial charge in [-0.05, 0) is 49.3 Å². The topological polar surface area (TPSA) is 138 Å². The summed E-state index contributed by atoms with van der Waals surface area (Å²) in [6.07, 6.45) is -1.63. The lowest BCUT2D eigenvalue weighted by atomic mass is 9.86. The maximum atomic E-state index is 15.3. The number of pyridine rings is 1. The quantitative estimate of drug-likeness (QED) is 0.264. The number of halogens is 1. The first-order chi connectivity index (χ1) is 21.3. The van der Waals surface area contributed by atoms with Crippen LogP contribution >= 0.6 is 0 Å². The van der Waals surface area contributed by atoms with Gasteiger partial charge in [0, 0.05) is 31.9 Å². The first kappa shape index (κ1) is 30.8. The van der Waals surface area contributed by atoms with E-state index in [4.69, 9.17) is 25.2 Å². The molecule has 3 N–H and O–H groups in total. The summed E-state index contributed by atoms with van der Waals surface area (Å²) < 4.78 is 30.7. The van der Waals surface area contributed by atoms with Gasteiger partial charge in [-0.15, -0.1) is 0 Å². The van der Waals surface area contributed by atoms with Crippen molar-refractivity contribution in [1.29, 1.82) is 0 Å². The van der Waals surface area contributed by atoms with Crippen LogP contribution in [0.2, 0.25) is 0 Å². The van der Waals surface area contributed by atoms with Gasteiger partial charge in [0.25, 0.3) is 5.91 Å². The number of alkyl halides is 1. The van der Waals surface area contributed by atoms with E-state index in [9.17, 15) is 14.7 Å². The third-order valence-electron chi connectivity index (χ3n) is 8.61. The number of nitrogens with two attached hydrogens (primary N) is 1. The molecule has 11 nitrogen and oxygen atoms in total. The number of nitrogens with zero attached hydrogens (tertiary/aromatic N) is 5. The number of fused-ring (bicyclic) bond motifs is 3. The fourth-order valence-electron chi connectivity index (χ4n) is 6.10. The molecule has 0 bridgehead atoms. The number of carbonyl (C=O) groups excluding carboxylic acids is 2. The van der Waals surface area contributed by atoms with Gasteiger partial charge in [-0.25, -0.2) is 19.2 Å². The van der Waals surface area contributed by atoms with Crippen molar-refractivity contribution in [2.75, 3.05) is 19.7 Å². The highest BCUT2D eigenvalue weighted by molar-refractivity contribution is 5.99. The minimum Gasteiger partial charge on any atom is -0.489 e. The van der Waals surface area contributed by atoms with E-state index in [1.165, 1.54) is 4.90 Å². The lowest BCUT2D eigenvalue weighted by Crippen LogP contribution is -2.49. The van der Waals surface area contributed by atoms with E-state index >= 15 is 4.39 Å². The van der Waals surface area contributed by atoms with Gasteiger partial charge >= 0.3 is 6.09 Å². The Bertz CT molecular complexity index is 1770. The highest BCUT2D eigenvalue weighted by atomic mass is 19.1. The molecular formula is C33H41FN6O5. The van der Waals surface area contributed by atoms with Gasteiger partial charge < -0.3 is 34.3 Å². The summed E-state index contributed by atoms with van der Waals surface area (Å²) in [4.78, 5) is 36.6. The number of aliphatic hydroxyl groups excluding tert-OH is 1. The molecule has 2 amide bonds. The highest BCUT2D eigenvalue weighted by Gasteiger charge is 2.38. The first-order valence-electron chi connectivity index (χ1n) is 15.5. The van der Waals surface area contributed by atoms with Crippen LogP contribution in [0.3, 0.4) is 0 Å². The van der Waals surface area contributed by atoms with Crippen LogP contribution in [0, 0.1) is 11.3 Å². The zero-order valence-electron chi connectivity index (χ0n) is 26.4. The van der Waals surface area contributed by atoms with E-state index in [-0.39, 0.29) is 19.1 Å². The molecule has 0 spiro atoms. The first-order valence-corrected chi connectivity index (χ1v) is 15.5. The summed E-state index contributed by atoms with van der Waals surface area (Å²) in [7, 11) is 1.92. The summed E-state index contributed by atoms with van der Waals surface area (Å²) >= 11 is 0. The maximum absolute atomic E-state index is 15.3. The molecule has 3 aromatic heterocycles. The second-order valence-electron chi connectivity index (χ2n) is 13.5. The summed E-state index contributed by atoms with van der Waals surface area (Å²) in [5.74, 6) is 1.67. The van der Waals surface area contributed by atoms with E-state index < -0.39 is 29.9 Å². The summed E-state index contributed by atoms with van der Waals surface area (Å²) in [6.45, 7) is 7.99. The fourth-order valence-corrected chi connectivity index (χ4v) is 6.10. The van der Waals surface area contributed by atoms with Crippen LogP contribution in [-0.4, -0.2) is 79.2 Å². The minimum absolute atomic E-state index is 0.119. The molecule has 1 saturated carbocycles. The second-order valence-corrected chi connectivity index (χ2v) is 13.5. The molecule has 240 valence electrons. The van der Waals surface area contributed by atoms with Crippen molar-refractivity contribution >= 4 is 34.1 Å². The molecule has 1 aromatic carbocycles. The molecule has 4 heterocycles. The largest absolute Gasteiger partial charge is 0.489 e. The van der Waals surface area contributed by atoms with Crippen molar-refractivity contribution in [3.63, 3.8) is 0 Å². The van der Waals surface area contributed by atoms with Crippen LogP contribution in [0.5, 0.6) is 5.75 Å². The number of benzene rings is 1. The van der Waals surface area contributed by atoms with Crippen LogP contribution < -0.4 is 10.5 Å². The van der Waals surface area contributed by atoms with Crippen molar-refractivity contribution in [1.82, 2.24) is 24.0 Å². The molecule has 3 atom stereocenters. The number of hydrogen-bond acceptors (Lipinski definition) is 7. The lowest BCUT2D eigenvalue weighted by Gasteiger charge is -2.35. The number of rotatable bonds is 10. The van der Waals surface area contributed by atoms with Gasteiger partial charge in [0.1, 0.15) is 24.0 Å². The normalized spacial score (nSPS) is 17.4. The monoisotopic (exact) mass is 620 g/mol. The van der Waals surface area contributed by atoms with Gasteiger partial charge in [0.15, 0.2) is 17.6 Å². The average molecular weight is 621 g/mol. The van der Waals surface area contributed by atoms with Crippen molar-refractivity contribution in [2.24, 2.45) is 24.1 Å². The van der Waals surface area contributed by atoms with Crippen LogP contribution in [0.25, 0.3) is 33.6 Å². The predicted molar refractivity (Wildman–Crippen MR) is 168 cm³/mol. The molecule has 4 aromatic rings. The molecule has 0 radical (unpaired) electrons. The third kappa shape index (κ3) is 6.07.